The van der Waals surface area contributed by atoms with Gasteiger partial charge in [0.25, 0.3) is 0 Å². The Kier molecular flexibility index (Phi) is 1.86. The maximum Gasteiger partial charge on any atom is 0.130 e. The fourth-order valence-electron chi connectivity index (χ4n) is 1.00. The summed E-state index contributed by atoms with van der Waals surface area (Å²) in [4.78, 5) is 7.96. The van der Waals surface area contributed by atoms with Gasteiger partial charge < -0.3 is 4.74 Å². The Morgan fingerprint density at radius 3 is 3.42 bits per heavy atom. The van der Waals surface area contributed by atoms with Crippen molar-refractivity contribution in [2.24, 2.45) is 4.99 Å². The van der Waals surface area contributed by atoms with Crippen molar-refractivity contribution in [3.8, 4) is 5.75 Å². The Hall–Kier alpha value is -1.64. The molecule has 3 nitrogen and oxygen atoms in total. The van der Waals surface area contributed by atoms with Crippen LogP contribution in [0.2, 0.25) is 0 Å². The van der Waals surface area contributed by atoms with Crippen molar-refractivity contribution in [1.82, 2.24) is 4.98 Å². The molecule has 1 aliphatic heterocycles. The summed E-state index contributed by atoms with van der Waals surface area (Å²) in [7, 11) is 0. The van der Waals surface area contributed by atoms with Crippen LogP contribution in [-0.2, 0) is 0 Å². The van der Waals surface area contributed by atoms with Crippen molar-refractivity contribution in [1.29, 1.82) is 0 Å². The molecule has 0 unspecified atom stereocenters. The van der Waals surface area contributed by atoms with E-state index in [4.69, 9.17) is 4.74 Å². The number of hydrogen-bond donors (Lipinski definition) is 0. The van der Waals surface area contributed by atoms with E-state index in [0.29, 0.717) is 6.61 Å². The van der Waals surface area contributed by atoms with Gasteiger partial charge in [0.15, 0.2) is 0 Å². The van der Waals surface area contributed by atoms with Gasteiger partial charge in [0.05, 0.1) is 0 Å². The molecule has 60 valence electrons. The minimum absolute atomic E-state index is 0.515. The SMILES string of the molecule is C1=Cc2cnccc2OCC=N1. The number of nitrogens with zero attached hydrogens (tertiary/aromatic N) is 2. The molecule has 2 heterocycles. The first kappa shape index (κ1) is 7.03. The van der Waals surface area contributed by atoms with E-state index >= 15 is 0 Å². The monoisotopic (exact) mass is 160 g/mol. The maximum absolute atomic E-state index is 5.39. The molecular formula is C9H8N2O. The molecule has 0 aliphatic carbocycles. The summed E-state index contributed by atoms with van der Waals surface area (Å²) in [6.45, 7) is 0.515. The summed E-state index contributed by atoms with van der Waals surface area (Å²) in [5.74, 6) is 0.854. The molecule has 0 fully saturated rings. The van der Waals surface area contributed by atoms with Crippen LogP contribution in [0.4, 0.5) is 0 Å². The standard InChI is InChI=1S/C9H8N2O/c1-3-10-5-6-12-9-2-4-11-7-8(1)9/h1-5,7H,6H2. The van der Waals surface area contributed by atoms with Crippen LogP contribution in [0.1, 0.15) is 5.56 Å². The quantitative estimate of drug-likeness (QED) is 0.576. The van der Waals surface area contributed by atoms with Crippen LogP contribution in [0.15, 0.2) is 29.7 Å². The van der Waals surface area contributed by atoms with Crippen molar-refractivity contribution in [3.05, 3.63) is 30.2 Å². The third-order valence-electron chi connectivity index (χ3n) is 1.57. The molecule has 1 aromatic heterocycles. The van der Waals surface area contributed by atoms with Gasteiger partial charge in [0, 0.05) is 30.4 Å². The summed E-state index contributed by atoms with van der Waals surface area (Å²) < 4.78 is 5.39. The molecule has 0 amide bonds. The van der Waals surface area contributed by atoms with Crippen LogP contribution in [0.5, 0.6) is 5.75 Å². The third-order valence-corrected chi connectivity index (χ3v) is 1.57. The lowest BCUT2D eigenvalue weighted by atomic mass is 10.2. The molecule has 0 radical (unpaired) electrons. The zero-order chi connectivity index (χ0) is 8.23. The Bertz CT molecular complexity index is 331. The van der Waals surface area contributed by atoms with Crippen molar-refractivity contribution >= 4 is 12.3 Å². The van der Waals surface area contributed by atoms with Crippen LogP contribution in [-0.4, -0.2) is 17.8 Å². The lowest BCUT2D eigenvalue weighted by Gasteiger charge is -2.06. The van der Waals surface area contributed by atoms with Gasteiger partial charge in [-0.15, -0.1) is 0 Å². The number of pyridine rings is 1. The summed E-state index contributed by atoms with van der Waals surface area (Å²) in [6, 6.07) is 1.85. The zero-order valence-electron chi connectivity index (χ0n) is 6.47. The average Bonchev–Trinajstić information content (AvgIpc) is 2.06. The maximum atomic E-state index is 5.39. The average molecular weight is 160 g/mol. The van der Waals surface area contributed by atoms with Gasteiger partial charge in [0.2, 0.25) is 0 Å². The molecule has 0 N–H and O–H groups in total. The first-order chi connectivity index (χ1) is 5.97. The first-order valence-electron chi connectivity index (χ1n) is 3.72. The van der Waals surface area contributed by atoms with Gasteiger partial charge >= 0.3 is 0 Å². The number of ether oxygens (including phenoxy) is 1. The Labute approximate surface area is 70.4 Å². The molecular weight excluding hydrogens is 152 g/mol. The summed E-state index contributed by atoms with van der Waals surface area (Å²) >= 11 is 0. The Balaban J connectivity index is 2.43. The molecule has 3 heteroatoms. The number of aliphatic imine (C=N–C) groups is 1. The second-order valence-electron chi connectivity index (χ2n) is 2.37. The number of rotatable bonds is 0. The van der Waals surface area contributed by atoms with Crippen molar-refractivity contribution in [2.45, 2.75) is 0 Å². The lowest BCUT2D eigenvalue weighted by molar-refractivity contribution is 0.378. The zero-order valence-corrected chi connectivity index (χ0v) is 6.47. The van der Waals surface area contributed by atoms with Crippen LogP contribution in [0.25, 0.3) is 6.08 Å². The first-order valence-corrected chi connectivity index (χ1v) is 3.72. The van der Waals surface area contributed by atoms with Gasteiger partial charge in [-0.25, -0.2) is 0 Å². The highest BCUT2D eigenvalue weighted by molar-refractivity contribution is 5.65. The van der Waals surface area contributed by atoms with Gasteiger partial charge in [-0.2, -0.15) is 0 Å². The van der Waals surface area contributed by atoms with Crippen LogP contribution in [0, 0.1) is 0 Å². The van der Waals surface area contributed by atoms with Gasteiger partial charge in [0.1, 0.15) is 12.4 Å². The van der Waals surface area contributed by atoms with E-state index in [-0.39, 0.29) is 0 Å². The number of fused-ring (bicyclic) bond motifs is 1. The van der Waals surface area contributed by atoms with Crippen LogP contribution in [0.3, 0.4) is 0 Å². The largest absolute Gasteiger partial charge is 0.487 e. The fraction of sp³-hybridized carbons (Fsp3) is 0.111. The summed E-state index contributed by atoms with van der Waals surface area (Å²) in [6.07, 6.45) is 8.80. The molecule has 0 spiro atoms. The predicted molar refractivity (Wildman–Crippen MR) is 47.3 cm³/mol. The van der Waals surface area contributed by atoms with E-state index in [1.165, 1.54) is 0 Å². The van der Waals surface area contributed by atoms with Crippen LogP contribution >= 0.6 is 0 Å². The molecule has 0 saturated carbocycles. The molecule has 2 rings (SSSR count). The van der Waals surface area contributed by atoms with E-state index in [1.54, 1.807) is 24.8 Å². The van der Waals surface area contributed by atoms with Crippen molar-refractivity contribution < 1.29 is 4.74 Å². The van der Waals surface area contributed by atoms with E-state index in [2.05, 4.69) is 9.98 Å². The van der Waals surface area contributed by atoms with E-state index in [0.717, 1.165) is 11.3 Å². The lowest BCUT2D eigenvalue weighted by Crippen LogP contribution is -2.00. The molecule has 0 aromatic carbocycles. The molecule has 1 aliphatic rings. The van der Waals surface area contributed by atoms with Gasteiger partial charge in [-0.05, 0) is 12.1 Å². The highest BCUT2D eigenvalue weighted by Gasteiger charge is 1.99. The molecule has 0 saturated heterocycles. The van der Waals surface area contributed by atoms with Crippen molar-refractivity contribution in [2.75, 3.05) is 6.61 Å². The smallest absolute Gasteiger partial charge is 0.130 e. The second kappa shape index (κ2) is 3.17. The normalized spacial score (nSPS) is 14.3. The van der Waals surface area contributed by atoms with E-state index < -0.39 is 0 Å². The molecule has 12 heavy (non-hydrogen) atoms. The summed E-state index contributed by atoms with van der Waals surface area (Å²) in [5, 5.41) is 0. The Morgan fingerprint density at radius 1 is 1.42 bits per heavy atom. The second-order valence-corrected chi connectivity index (χ2v) is 2.37. The van der Waals surface area contributed by atoms with Crippen LogP contribution < -0.4 is 4.74 Å². The van der Waals surface area contributed by atoms with Crippen molar-refractivity contribution in [3.63, 3.8) is 0 Å². The summed E-state index contributed by atoms with van der Waals surface area (Å²) in [5.41, 5.74) is 0.967. The third kappa shape index (κ3) is 1.34. The molecule has 0 bridgehead atoms. The Morgan fingerprint density at radius 2 is 2.42 bits per heavy atom. The van der Waals surface area contributed by atoms with E-state index in [1.807, 2.05) is 12.1 Å². The fourth-order valence-corrected chi connectivity index (χ4v) is 1.00. The molecule has 0 atom stereocenters. The highest BCUT2D eigenvalue weighted by atomic mass is 16.5. The topological polar surface area (TPSA) is 34.5 Å². The molecule has 1 aromatic rings. The highest BCUT2D eigenvalue weighted by Crippen LogP contribution is 2.18. The minimum Gasteiger partial charge on any atom is -0.487 e. The predicted octanol–water partition coefficient (Wildman–Crippen LogP) is 1.52. The minimum atomic E-state index is 0.515. The number of hydrogen-bond acceptors (Lipinski definition) is 3. The van der Waals surface area contributed by atoms with E-state index in [9.17, 15) is 0 Å². The van der Waals surface area contributed by atoms with Gasteiger partial charge in [-0.3, -0.25) is 9.98 Å². The van der Waals surface area contributed by atoms with Gasteiger partial charge in [-0.1, -0.05) is 0 Å². The number of aromatic nitrogens is 1.